The number of hydrogen-bond acceptors (Lipinski definition) is 5. The third-order valence-electron chi connectivity index (χ3n) is 8.69. The van der Waals surface area contributed by atoms with Crippen LogP contribution in [0.3, 0.4) is 0 Å². The van der Waals surface area contributed by atoms with Crippen LogP contribution < -0.4 is 5.19 Å². The van der Waals surface area contributed by atoms with Gasteiger partial charge in [-0.25, -0.2) is 4.98 Å². The maximum Gasteiger partial charge on any atom is 0.216 e. The van der Waals surface area contributed by atoms with Crippen molar-refractivity contribution in [3.63, 3.8) is 0 Å². The zero-order valence-electron chi connectivity index (χ0n) is 30.8. The van der Waals surface area contributed by atoms with E-state index in [4.69, 9.17) is 9.40 Å². The second-order valence-electron chi connectivity index (χ2n) is 14.9. The molecule has 51 heavy (non-hydrogen) atoms. The second-order valence-corrected chi connectivity index (χ2v) is 20.0. The van der Waals surface area contributed by atoms with Gasteiger partial charge in [-0.1, -0.05) is 87.6 Å². The van der Waals surface area contributed by atoms with Crippen LogP contribution in [0.4, 0.5) is 0 Å². The fourth-order valence-electron chi connectivity index (χ4n) is 6.39. The summed E-state index contributed by atoms with van der Waals surface area (Å²) in [5.74, 6) is 1.25. The van der Waals surface area contributed by atoms with Crippen molar-refractivity contribution in [3.05, 3.63) is 126 Å². The summed E-state index contributed by atoms with van der Waals surface area (Å²) >= 11 is 0. The first-order valence-corrected chi connectivity index (χ1v) is 21.1. The zero-order chi connectivity index (χ0) is 35.4. The zero-order valence-corrected chi connectivity index (χ0v) is 34.2. The summed E-state index contributed by atoms with van der Waals surface area (Å²) in [6.07, 6.45) is 7.90. The molecule has 0 bridgehead atoms. The van der Waals surface area contributed by atoms with Crippen molar-refractivity contribution in [2.45, 2.75) is 67.1 Å². The topological polar surface area (TPSA) is 64.7 Å². The Hall–Kier alpha value is -4.29. The van der Waals surface area contributed by atoms with Gasteiger partial charge in [0.15, 0.2) is 0 Å². The number of pyridine rings is 4. The van der Waals surface area contributed by atoms with Gasteiger partial charge in [0.2, 0.25) is 5.71 Å². The molecule has 0 fully saturated rings. The Bertz CT molecular complexity index is 2240. The van der Waals surface area contributed by atoms with E-state index in [0.29, 0.717) is 17.5 Å². The molecule has 0 N–H and O–H groups in total. The van der Waals surface area contributed by atoms with E-state index in [9.17, 15) is 0 Å². The van der Waals surface area contributed by atoms with Crippen LogP contribution in [0.5, 0.6) is 0 Å². The third kappa shape index (κ3) is 8.96. The second kappa shape index (κ2) is 16.4. The van der Waals surface area contributed by atoms with Crippen molar-refractivity contribution >= 4 is 35.3 Å². The fourth-order valence-corrected chi connectivity index (χ4v) is 7.98. The van der Waals surface area contributed by atoms with Gasteiger partial charge in [-0.2, -0.15) is 0 Å². The van der Waals surface area contributed by atoms with E-state index in [1.54, 1.807) is 6.20 Å². The molecule has 0 spiro atoms. The van der Waals surface area contributed by atoms with Crippen molar-refractivity contribution in [2.75, 3.05) is 0 Å². The summed E-state index contributed by atoms with van der Waals surface area (Å²) in [4.78, 5) is 18.5. The summed E-state index contributed by atoms with van der Waals surface area (Å²) < 4.78 is 6.25. The first-order chi connectivity index (χ1) is 24.0. The molecule has 0 aliphatic carbocycles. The molecule has 0 aliphatic heterocycles. The van der Waals surface area contributed by atoms with Crippen molar-refractivity contribution in [1.29, 1.82) is 0 Å². The van der Waals surface area contributed by atoms with E-state index in [1.165, 1.54) is 16.3 Å². The van der Waals surface area contributed by atoms with Crippen LogP contribution in [0.1, 0.15) is 44.4 Å². The van der Waals surface area contributed by atoms with E-state index >= 15 is 0 Å². The minimum atomic E-state index is -1.34. The van der Waals surface area contributed by atoms with Gasteiger partial charge in [0.25, 0.3) is 0 Å². The molecule has 0 aliphatic rings. The Morgan fingerprint density at radius 2 is 1.53 bits per heavy atom. The number of benzene rings is 2. The Kier molecular flexibility index (Phi) is 12.2. The molecule has 5 heterocycles. The molecule has 0 unspecified atom stereocenters. The quantitative estimate of drug-likeness (QED) is 0.112. The van der Waals surface area contributed by atoms with Crippen LogP contribution in [0.15, 0.2) is 102 Å². The van der Waals surface area contributed by atoms with E-state index in [0.717, 1.165) is 68.7 Å². The SMILES string of the molecule is CC(C)Cc1cc(-c2[c-]cccc2)ncc1[Si](C)(C)C.Cc1cccnc1-c1ccc2c(n1)oc1c(-c3cc(CC(C)C)ccn3)[c-]ccc12.[Ir]. The first kappa shape index (κ1) is 37.9. The molecule has 7 aromatic rings. The van der Waals surface area contributed by atoms with Crippen molar-refractivity contribution in [3.8, 4) is 33.9 Å². The molecular formula is C44H46IrN4OSi-2. The standard InChI is InChI=1S/C26H22N3O.C18H24NSi.Ir/c1-16(2)14-18-11-13-27-23(15-18)21-8-4-7-19-20-9-10-22(29-26(20)30-25(19)21)24-17(3)6-5-12-28-24;1-14(2)11-16-12-17(15-9-7-6-8-10-15)19-13-18(16)20(3,4)5;/h4-7,9-13,15-16H,14H2,1-3H3;6-9,12-14H,11H2,1-5H3;/q2*-1;. The summed E-state index contributed by atoms with van der Waals surface area (Å²) in [5.41, 5.74) is 10.7. The van der Waals surface area contributed by atoms with Gasteiger partial charge in [0, 0.05) is 44.1 Å². The van der Waals surface area contributed by atoms with E-state index in [1.807, 2.05) is 61.7 Å². The fraction of sp³-hybridized carbons (Fsp3) is 0.273. The number of hydrogen-bond donors (Lipinski definition) is 0. The van der Waals surface area contributed by atoms with Crippen LogP contribution in [0.2, 0.25) is 19.6 Å². The number of furan rings is 1. The summed E-state index contributed by atoms with van der Waals surface area (Å²) in [7, 11) is -1.34. The third-order valence-corrected chi connectivity index (χ3v) is 10.8. The summed E-state index contributed by atoms with van der Waals surface area (Å²) in [5, 5.41) is 3.49. The molecule has 263 valence electrons. The van der Waals surface area contributed by atoms with Crippen molar-refractivity contribution < 1.29 is 24.5 Å². The van der Waals surface area contributed by atoms with E-state index < -0.39 is 8.07 Å². The van der Waals surface area contributed by atoms with Gasteiger partial charge in [0.05, 0.1) is 25.0 Å². The molecule has 1 radical (unpaired) electrons. The molecule has 2 aromatic carbocycles. The monoisotopic (exact) mass is 867 g/mol. The van der Waals surface area contributed by atoms with Crippen molar-refractivity contribution in [1.82, 2.24) is 19.9 Å². The average Bonchev–Trinajstić information content (AvgIpc) is 3.46. The van der Waals surface area contributed by atoms with Gasteiger partial charge in [-0.05, 0) is 78.0 Å². The van der Waals surface area contributed by atoms with Crippen molar-refractivity contribution in [2.24, 2.45) is 11.8 Å². The van der Waals surface area contributed by atoms with Gasteiger partial charge >= 0.3 is 0 Å². The number of aryl methyl sites for hydroxylation is 1. The number of nitrogens with zero attached hydrogens (tertiary/aromatic N) is 4. The van der Waals surface area contributed by atoms with Gasteiger partial charge < -0.3 is 14.4 Å². The minimum absolute atomic E-state index is 0. The molecule has 7 rings (SSSR count). The van der Waals surface area contributed by atoms with Crippen LogP contribution in [0.25, 0.3) is 56.0 Å². The molecule has 0 saturated heterocycles. The average molecular weight is 867 g/mol. The molecule has 0 saturated carbocycles. The molecule has 5 aromatic heterocycles. The molecule has 5 nitrogen and oxygen atoms in total. The van der Waals surface area contributed by atoms with Gasteiger partial charge in [-0.15, -0.1) is 54.1 Å². The number of fused-ring (bicyclic) bond motifs is 3. The molecule has 0 amide bonds. The largest absolute Gasteiger partial charge is 0.486 e. The predicted octanol–water partition coefficient (Wildman–Crippen LogP) is 10.7. The van der Waals surface area contributed by atoms with Crippen LogP contribution in [0, 0.1) is 30.9 Å². The minimum Gasteiger partial charge on any atom is -0.486 e. The van der Waals surface area contributed by atoms with E-state index in [-0.39, 0.29) is 20.1 Å². The normalized spacial score (nSPS) is 11.5. The smallest absolute Gasteiger partial charge is 0.216 e. The Morgan fingerprint density at radius 1 is 0.725 bits per heavy atom. The van der Waals surface area contributed by atoms with Crippen LogP contribution >= 0.6 is 0 Å². The number of rotatable bonds is 8. The van der Waals surface area contributed by atoms with Crippen LogP contribution in [-0.2, 0) is 32.9 Å². The maximum atomic E-state index is 6.25. The predicted molar refractivity (Wildman–Crippen MR) is 210 cm³/mol. The summed E-state index contributed by atoms with van der Waals surface area (Å²) in [6, 6.07) is 33.1. The first-order valence-electron chi connectivity index (χ1n) is 17.6. The Morgan fingerprint density at radius 3 is 2.24 bits per heavy atom. The van der Waals surface area contributed by atoms with Gasteiger partial charge in [-0.3, -0.25) is 4.98 Å². The Labute approximate surface area is 317 Å². The number of aromatic nitrogens is 4. The summed E-state index contributed by atoms with van der Waals surface area (Å²) in [6.45, 7) is 18.2. The van der Waals surface area contributed by atoms with Crippen LogP contribution in [-0.4, -0.2) is 28.0 Å². The van der Waals surface area contributed by atoms with Gasteiger partial charge in [0.1, 0.15) is 0 Å². The Balaban J connectivity index is 0.000000211. The molecular weight excluding hydrogens is 821 g/mol. The maximum absolute atomic E-state index is 6.25. The van der Waals surface area contributed by atoms with E-state index in [2.05, 4.69) is 111 Å². The molecule has 0 atom stereocenters. The molecule has 7 heteroatoms.